The number of anilines is 1. The maximum absolute atomic E-state index is 12.5. The van der Waals surface area contributed by atoms with Gasteiger partial charge in [-0.1, -0.05) is 74.0 Å². The van der Waals surface area contributed by atoms with Gasteiger partial charge in [0.15, 0.2) is 0 Å². The zero-order chi connectivity index (χ0) is 24.9. The fraction of sp³-hybridized carbons (Fsp3) is 0.207. The fourth-order valence-electron chi connectivity index (χ4n) is 3.89. The smallest absolute Gasteiger partial charge is 0.309 e. The lowest BCUT2D eigenvalue weighted by Crippen LogP contribution is -2.14. The Balaban J connectivity index is 1.68. The highest BCUT2D eigenvalue weighted by molar-refractivity contribution is 5.92. The first kappa shape index (κ1) is 24.0. The van der Waals surface area contributed by atoms with Crippen LogP contribution in [-0.2, 0) is 16.0 Å². The van der Waals surface area contributed by atoms with E-state index in [0.717, 1.165) is 33.6 Å². The Morgan fingerprint density at radius 3 is 2.20 bits per heavy atom. The van der Waals surface area contributed by atoms with Crippen LogP contribution in [-0.4, -0.2) is 21.7 Å². The van der Waals surface area contributed by atoms with Crippen LogP contribution < -0.4 is 10.1 Å². The van der Waals surface area contributed by atoms with E-state index in [0.29, 0.717) is 18.0 Å². The van der Waals surface area contributed by atoms with Crippen molar-refractivity contribution in [3.8, 4) is 22.7 Å². The highest BCUT2D eigenvalue weighted by Gasteiger charge is 2.25. The summed E-state index contributed by atoms with van der Waals surface area (Å²) in [6.45, 7) is 7.52. The maximum atomic E-state index is 12.5. The van der Waals surface area contributed by atoms with Crippen molar-refractivity contribution in [1.82, 2.24) is 9.78 Å². The number of carbonyl (C=O) groups excluding carboxylic acids is 2. The first-order valence-corrected chi connectivity index (χ1v) is 11.6. The lowest BCUT2D eigenvalue weighted by atomic mass is 9.99. The molecule has 0 saturated carbocycles. The number of benzene rings is 3. The molecule has 6 heteroatoms. The quantitative estimate of drug-likeness (QED) is 0.335. The Morgan fingerprint density at radius 1 is 0.943 bits per heavy atom. The molecule has 0 aliphatic rings. The van der Waals surface area contributed by atoms with Crippen LogP contribution in [0.4, 0.5) is 5.69 Å². The number of rotatable bonds is 7. The van der Waals surface area contributed by atoms with Crippen molar-refractivity contribution in [2.45, 2.75) is 40.0 Å². The third kappa shape index (κ3) is 5.66. The van der Waals surface area contributed by atoms with Crippen LogP contribution in [0, 0.1) is 6.92 Å². The van der Waals surface area contributed by atoms with Gasteiger partial charge in [0.05, 0.1) is 23.4 Å². The van der Waals surface area contributed by atoms with Gasteiger partial charge >= 0.3 is 5.97 Å². The molecule has 178 valence electrons. The van der Waals surface area contributed by atoms with Crippen LogP contribution >= 0.6 is 0 Å². The Bertz CT molecular complexity index is 1320. The van der Waals surface area contributed by atoms with E-state index in [-0.39, 0.29) is 11.8 Å². The van der Waals surface area contributed by atoms with Crippen LogP contribution in [0.25, 0.3) is 16.8 Å². The van der Waals surface area contributed by atoms with E-state index >= 15 is 0 Å². The molecular weight excluding hydrogens is 438 g/mol. The molecule has 0 radical (unpaired) electrons. The highest BCUT2D eigenvalue weighted by atomic mass is 16.5. The highest BCUT2D eigenvalue weighted by Crippen LogP contribution is 2.39. The zero-order valence-corrected chi connectivity index (χ0v) is 20.4. The molecule has 0 fully saturated rings. The number of aromatic nitrogens is 2. The normalized spacial score (nSPS) is 10.9. The minimum absolute atomic E-state index is 0.0837. The second-order valence-electron chi connectivity index (χ2n) is 8.85. The number of ether oxygens (including phenoxy) is 1. The summed E-state index contributed by atoms with van der Waals surface area (Å²) in [5.74, 6) is -0.0265. The number of amides is 1. The molecule has 4 rings (SSSR count). The van der Waals surface area contributed by atoms with Crippen LogP contribution in [0.3, 0.4) is 0 Å². The van der Waals surface area contributed by atoms with Gasteiger partial charge in [-0.15, -0.1) is 0 Å². The number of nitrogens with one attached hydrogen (secondary N) is 1. The number of nitrogens with zero attached hydrogens (tertiary/aromatic N) is 2. The van der Waals surface area contributed by atoms with Crippen LogP contribution in [0.15, 0.2) is 78.9 Å². The molecule has 35 heavy (non-hydrogen) atoms. The Labute approximate surface area is 205 Å². The van der Waals surface area contributed by atoms with Crippen molar-refractivity contribution < 1.29 is 14.3 Å². The van der Waals surface area contributed by atoms with Gasteiger partial charge in [-0.2, -0.15) is 9.78 Å². The van der Waals surface area contributed by atoms with Crippen molar-refractivity contribution in [3.05, 3.63) is 95.7 Å². The number of esters is 1. The van der Waals surface area contributed by atoms with Crippen LogP contribution in [0.5, 0.6) is 5.88 Å². The van der Waals surface area contributed by atoms with Crippen LogP contribution in [0.1, 0.15) is 43.5 Å². The maximum Gasteiger partial charge on any atom is 0.309 e. The molecule has 1 N–H and O–H groups in total. The number of aryl methyl sites for hydroxylation is 1. The van der Waals surface area contributed by atoms with Gasteiger partial charge in [-0.25, -0.2) is 0 Å². The monoisotopic (exact) mass is 467 g/mol. The third-order valence-electron chi connectivity index (χ3n) is 5.60. The van der Waals surface area contributed by atoms with E-state index in [9.17, 15) is 9.59 Å². The SMILES string of the molecule is CC(=O)Oc1c(-c2ccc(NC(=O)Cc3ccccc3)cc2)c(C(C)C)nn1-c1ccc(C)cc1. The van der Waals surface area contributed by atoms with Crippen molar-refractivity contribution in [2.75, 3.05) is 5.32 Å². The van der Waals surface area contributed by atoms with E-state index in [1.807, 2.05) is 85.8 Å². The molecule has 0 saturated heterocycles. The summed E-state index contributed by atoms with van der Waals surface area (Å²) in [6, 6.07) is 25.0. The predicted molar refractivity (Wildman–Crippen MR) is 138 cm³/mol. The lowest BCUT2D eigenvalue weighted by Gasteiger charge is -2.11. The van der Waals surface area contributed by atoms with E-state index in [2.05, 4.69) is 19.2 Å². The molecule has 6 nitrogen and oxygen atoms in total. The molecule has 3 aromatic carbocycles. The molecule has 1 heterocycles. The molecule has 0 spiro atoms. The average Bonchev–Trinajstić information content (AvgIpc) is 3.19. The minimum atomic E-state index is -0.417. The molecule has 1 amide bonds. The van der Waals surface area contributed by atoms with Crippen molar-refractivity contribution >= 4 is 17.6 Å². The predicted octanol–water partition coefficient (Wildman–Crippen LogP) is 6.08. The molecular formula is C29H29N3O3. The molecule has 0 atom stereocenters. The summed E-state index contributed by atoms with van der Waals surface area (Å²) in [6.07, 6.45) is 0.306. The molecule has 0 aliphatic carbocycles. The average molecular weight is 468 g/mol. The van der Waals surface area contributed by atoms with Gasteiger partial charge in [0.1, 0.15) is 0 Å². The van der Waals surface area contributed by atoms with Crippen molar-refractivity contribution in [2.24, 2.45) is 0 Å². The molecule has 4 aromatic rings. The van der Waals surface area contributed by atoms with Crippen molar-refractivity contribution in [3.63, 3.8) is 0 Å². The van der Waals surface area contributed by atoms with Gasteiger partial charge in [0.25, 0.3) is 0 Å². The summed E-state index contributed by atoms with van der Waals surface area (Å²) in [5, 5.41) is 7.77. The number of hydrogen-bond acceptors (Lipinski definition) is 4. The fourth-order valence-corrected chi connectivity index (χ4v) is 3.89. The number of hydrogen-bond donors (Lipinski definition) is 1. The number of carbonyl (C=O) groups is 2. The summed E-state index contributed by atoms with van der Waals surface area (Å²) in [5.41, 5.74) is 6.03. The Kier molecular flexibility index (Phi) is 7.11. The largest absolute Gasteiger partial charge is 0.407 e. The molecule has 1 aromatic heterocycles. The standard InChI is InChI=1S/C29H29N3O3/c1-19(2)28-27(29(35-21(4)33)32(31-28)25-16-10-20(3)11-17-25)23-12-14-24(15-13-23)30-26(34)18-22-8-6-5-7-9-22/h5-17,19H,18H2,1-4H3,(H,30,34). The lowest BCUT2D eigenvalue weighted by molar-refractivity contribution is -0.132. The summed E-state index contributed by atoms with van der Waals surface area (Å²) >= 11 is 0. The van der Waals surface area contributed by atoms with E-state index in [1.165, 1.54) is 6.92 Å². The second kappa shape index (κ2) is 10.4. The van der Waals surface area contributed by atoms with E-state index in [4.69, 9.17) is 9.84 Å². The Morgan fingerprint density at radius 2 is 1.60 bits per heavy atom. The van der Waals surface area contributed by atoms with Gasteiger partial charge in [0.2, 0.25) is 11.8 Å². The van der Waals surface area contributed by atoms with Crippen molar-refractivity contribution in [1.29, 1.82) is 0 Å². The Hall–Kier alpha value is -4.19. The summed E-state index contributed by atoms with van der Waals surface area (Å²) in [4.78, 5) is 24.5. The minimum Gasteiger partial charge on any atom is -0.407 e. The molecule has 0 bridgehead atoms. The van der Waals surface area contributed by atoms with Gasteiger partial charge in [-0.05, 0) is 48.2 Å². The zero-order valence-electron chi connectivity index (χ0n) is 20.4. The van der Waals surface area contributed by atoms with Gasteiger partial charge < -0.3 is 10.1 Å². The summed E-state index contributed by atoms with van der Waals surface area (Å²) in [7, 11) is 0. The first-order chi connectivity index (χ1) is 16.8. The third-order valence-corrected chi connectivity index (χ3v) is 5.60. The molecule has 0 unspecified atom stereocenters. The first-order valence-electron chi connectivity index (χ1n) is 11.6. The van der Waals surface area contributed by atoms with E-state index in [1.54, 1.807) is 4.68 Å². The molecule has 0 aliphatic heterocycles. The van der Waals surface area contributed by atoms with Crippen LogP contribution in [0.2, 0.25) is 0 Å². The summed E-state index contributed by atoms with van der Waals surface area (Å²) < 4.78 is 7.38. The second-order valence-corrected chi connectivity index (χ2v) is 8.85. The van der Waals surface area contributed by atoms with Gasteiger partial charge in [-0.3, -0.25) is 9.59 Å². The van der Waals surface area contributed by atoms with E-state index < -0.39 is 5.97 Å². The van der Waals surface area contributed by atoms with Gasteiger partial charge in [0, 0.05) is 12.6 Å². The topological polar surface area (TPSA) is 73.2 Å².